The summed E-state index contributed by atoms with van der Waals surface area (Å²) >= 11 is 7.28. The van der Waals surface area contributed by atoms with Crippen molar-refractivity contribution in [2.24, 2.45) is 0 Å². The van der Waals surface area contributed by atoms with Gasteiger partial charge >= 0.3 is 5.97 Å². The van der Waals surface area contributed by atoms with Gasteiger partial charge in [0.15, 0.2) is 0 Å². The molecule has 1 aromatic heterocycles. The van der Waals surface area contributed by atoms with E-state index in [0.717, 1.165) is 5.56 Å². The fraction of sp³-hybridized carbons (Fsp3) is 0.200. The summed E-state index contributed by atoms with van der Waals surface area (Å²) < 4.78 is 0. The predicted molar refractivity (Wildman–Crippen MR) is 83.2 cm³/mol. The zero-order valence-electron chi connectivity index (χ0n) is 11.3. The van der Waals surface area contributed by atoms with Gasteiger partial charge in [0.25, 0.3) is 5.91 Å². The molecule has 1 atom stereocenters. The molecule has 4 nitrogen and oxygen atoms in total. The van der Waals surface area contributed by atoms with E-state index in [1.54, 1.807) is 29.6 Å². The molecule has 0 aliphatic heterocycles. The zero-order chi connectivity index (χ0) is 15.4. The number of carbonyl (C=O) groups excluding carboxylic acids is 1. The normalized spacial score (nSPS) is 11.9. The highest BCUT2D eigenvalue weighted by Crippen LogP contribution is 2.27. The Hall–Kier alpha value is -1.85. The van der Waals surface area contributed by atoms with Crippen molar-refractivity contribution in [2.75, 3.05) is 6.54 Å². The van der Waals surface area contributed by atoms with Crippen LogP contribution in [0.3, 0.4) is 0 Å². The van der Waals surface area contributed by atoms with Crippen molar-refractivity contribution >= 4 is 34.8 Å². The number of halogens is 1. The van der Waals surface area contributed by atoms with E-state index in [1.165, 1.54) is 11.3 Å². The molecule has 21 heavy (non-hydrogen) atoms. The maximum Gasteiger partial charge on any atom is 0.312 e. The minimum absolute atomic E-state index is 0.0193. The van der Waals surface area contributed by atoms with E-state index in [9.17, 15) is 14.7 Å². The van der Waals surface area contributed by atoms with E-state index in [1.807, 2.05) is 13.0 Å². The Bertz CT molecular complexity index is 654. The summed E-state index contributed by atoms with van der Waals surface area (Å²) in [5.41, 5.74) is 1.49. The van der Waals surface area contributed by atoms with Crippen LogP contribution >= 0.6 is 22.9 Å². The van der Waals surface area contributed by atoms with Crippen molar-refractivity contribution in [1.82, 2.24) is 5.32 Å². The summed E-state index contributed by atoms with van der Waals surface area (Å²) in [5, 5.41) is 14.1. The molecular formula is C15H14ClNO3S. The number of nitrogens with one attached hydrogen (secondary N) is 1. The Balaban J connectivity index is 2.08. The maximum absolute atomic E-state index is 12.1. The Morgan fingerprint density at radius 2 is 2.00 bits per heavy atom. The number of rotatable bonds is 5. The van der Waals surface area contributed by atoms with E-state index >= 15 is 0 Å². The van der Waals surface area contributed by atoms with Crippen LogP contribution in [0.15, 0.2) is 35.7 Å². The number of thiophene rings is 1. The Morgan fingerprint density at radius 1 is 1.33 bits per heavy atom. The molecule has 1 unspecified atom stereocenters. The van der Waals surface area contributed by atoms with E-state index in [4.69, 9.17) is 11.6 Å². The highest BCUT2D eigenvalue weighted by molar-refractivity contribution is 7.13. The number of benzene rings is 1. The molecule has 1 heterocycles. The molecule has 6 heteroatoms. The molecule has 2 rings (SSSR count). The second kappa shape index (κ2) is 6.74. The van der Waals surface area contributed by atoms with Crippen LogP contribution in [0.5, 0.6) is 0 Å². The summed E-state index contributed by atoms with van der Waals surface area (Å²) in [6, 6.07) is 8.81. The second-order valence-electron chi connectivity index (χ2n) is 4.57. The number of carboxylic acid groups (broad SMARTS) is 1. The molecule has 2 aromatic rings. The van der Waals surface area contributed by atoms with Gasteiger partial charge in [-0.15, -0.1) is 11.3 Å². The number of amides is 1. The molecule has 0 radical (unpaired) electrons. The Kier molecular flexibility index (Phi) is 4.98. The van der Waals surface area contributed by atoms with Gasteiger partial charge in [0.05, 0.1) is 10.9 Å². The number of aliphatic carboxylic acids is 1. The van der Waals surface area contributed by atoms with E-state index in [0.29, 0.717) is 15.5 Å². The minimum atomic E-state index is -0.977. The molecule has 0 saturated heterocycles. The summed E-state index contributed by atoms with van der Waals surface area (Å²) in [5.74, 6) is -2.11. The first kappa shape index (κ1) is 15.5. The molecule has 1 amide bonds. The van der Waals surface area contributed by atoms with Crippen molar-refractivity contribution in [3.8, 4) is 0 Å². The molecule has 0 bridgehead atoms. The van der Waals surface area contributed by atoms with Gasteiger partial charge in [-0.25, -0.2) is 0 Å². The topological polar surface area (TPSA) is 66.4 Å². The summed E-state index contributed by atoms with van der Waals surface area (Å²) in [4.78, 5) is 23.8. The van der Waals surface area contributed by atoms with Gasteiger partial charge in [-0.1, -0.05) is 41.9 Å². The first-order valence-corrected chi connectivity index (χ1v) is 7.56. The maximum atomic E-state index is 12.1. The molecule has 0 fully saturated rings. The third-order valence-corrected chi connectivity index (χ3v) is 4.77. The lowest BCUT2D eigenvalue weighted by Gasteiger charge is -2.13. The van der Waals surface area contributed by atoms with Crippen LogP contribution in [0.4, 0.5) is 0 Å². The van der Waals surface area contributed by atoms with Gasteiger partial charge in [0.2, 0.25) is 0 Å². The van der Waals surface area contributed by atoms with Crippen LogP contribution in [0.1, 0.15) is 26.7 Å². The number of carbonyl (C=O) groups is 2. The third-order valence-electron chi connectivity index (χ3n) is 3.07. The number of hydrogen-bond donors (Lipinski definition) is 2. The fourth-order valence-electron chi connectivity index (χ4n) is 1.89. The van der Waals surface area contributed by atoms with Gasteiger partial charge in [-0.2, -0.15) is 0 Å². The first-order chi connectivity index (χ1) is 10.0. The van der Waals surface area contributed by atoms with Crippen molar-refractivity contribution in [3.63, 3.8) is 0 Å². The minimum Gasteiger partial charge on any atom is -0.481 e. The smallest absolute Gasteiger partial charge is 0.312 e. The lowest BCUT2D eigenvalue weighted by molar-refractivity contribution is -0.138. The average molecular weight is 324 g/mol. The van der Waals surface area contributed by atoms with Gasteiger partial charge < -0.3 is 10.4 Å². The quantitative estimate of drug-likeness (QED) is 0.887. The fourth-order valence-corrected chi connectivity index (χ4v) is 3.09. The molecule has 0 spiro atoms. The summed E-state index contributed by atoms with van der Waals surface area (Å²) in [7, 11) is 0. The van der Waals surface area contributed by atoms with Crippen LogP contribution in [0, 0.1) is 6.92 Å². The number of aryl methyl sites for hydroxylation is 1. The Morgan fingerprint density at radius 3 is 2.52 bits per heavy atom. The number of carboxylic acids is 1. The molecule has 0 saturated carbocycles. The first-order valence-electron chi connectivity index (χ1n) is 6.30. The van der Waals surface area contributed by atoms with Crippen LogP contribution in [-0.2, 0) is 4.79 Å². The monoisotopic (exact) mass is 323 g/mol. The van der Waals surface area contributed by atoms with Gasteiger partial charge in [-0.3, -0.25) is 9.59 Å². The zero-order valence-corrected chi connectivity index (χ0v) is 12.9. The highest BCUT2D eigenvalue weighted by atomic mass is 35.5. The van der Waals surface area contributed by atoms with Gasteiger partial charge in [0, 0.05) is 6.54 Å². The van der Waals surface area contributed by atoms with E-state index in [-0.39, 0.29) is 12.5 Å². The molecular weight excluding hydrogens is 310 g/mol. The highest BCUT2D eigenvalue weighted by Gasteiger charge is 2.22. The van der Waals surface area contributed by atoms with Crippen molar-refractivity contribution < 1.29 is 14.7 Å². The molecule has 2 N–H and O–H groups in total. The average Bonchev–Trinajstić information content (AvgIpc) is 2.80. The van der Waals surface area contributed by atoms with Crippen molar-refractivity contribution in [2.45, 2.75) is 12.8 Å². The van der Waals surface area contributed by atoms with Gasteiger partial charge in [0.1, 0.15) is 4.88 Å². The SMILES string of the molecule is Cc1csc(C(=O)NCC(C(=O)O)c2ccccc2)c1Cl. The van der Waals surface area contributed by atoms with Crippen LogP contribution in [0.2, 0.25) is 5.02 Å². The second-order valence-corrected chi connectivity index (χ2v) is 5.83. The largest absolute Gasteiger partial charge is 0.481 e. The lowest BCUT2D eigenvalue weighted by atomic mass is 9.99. The van der Waals surface area contributed by atoms with Crippen LogP contribution in [0.25, 0.3) is 0 Å². The standard InChI is InChI=1S/C15H14ClNO3S/c1-9-8-21-13(12(9)16)14(18)17-7-11(15(19)20)10-5-3-2-4-6-10/h2-6,8,11H,7H2,1H3,(H,17,18)(H,19,20). The van der Waals surface area contributed by atoms with E-state index in [2.05, 4.69) is 5.32 Å². The van der Waals surface area contributed by atoms with Crippen LogP contribution < -0.4 is 5.32 Å². The summed E-state index contributed by atoms with van der Waals surface area (Å²) in [6.07, 6.45) is 0. The van der Waals surface area contributed by atoms with E-state index < -0.39 is 11.9 Å². The van der Waals surface area contributed by atoms with Crippen LogP contribution in [-0.4, -0.2) is 23.5 Å². The summed E-state index contributed by atoms with van der Waals surface area (Å²) in [6.45, 7) is 1.84. The van der Waals surface area contributed by atoms with Crippen molar-refractivity contribution in [3.05, 3.63) is 56.7 Å². The van der Waals surface area contributed by atoms with Crippen molar-refractivity contribution in [1.29, 1.82) is 0 Å². The third kappa shape index (κ3) is 3.62. The number of hydrogen-bond acceptors (Lipinski definition) is 3. The van der Waals surface area contributed by atoms with Gasteiger partial charge in [-0.05, 0) is 23.4 Å². The molecule has 1 aromatic carbocycles. The molecule has 0 aliphatic carbocycles. The molecule has 110 valence electrons. The Labute approximate surface area is 131 Å². The predicted octanol–water partition coefficient (Wildman–Crippen LogP) is 3.31. The molecule has 0 aliphatic rings. The lowest BCUT2D eigenvalue weighted by Crippen LogP contribution is -2.31.